The van der Waals surface area contributed by atoms with Gasteiger partial charge in [0.2, 0.25) is 12.4 Å². The summed E-state index contributed by atoms with van der Waals surface area (Å²) >= 11 is 5.88. The molecule has 1 heterocycles. The van der Waals surface area contributed by atoms with Crippen molar-refractivity contribution in [1.29, 1.82) is 0 Å². The van der Waals surface area contributed by atoms with Crippen LogP contribution in [0.3, 0.4) is 0 Å². The average Bonchev–Trinajstić information content (AvgIpc) is 2.78. The minimum atomic E-state index is 0. The third-order valence-electron chi connectivity index (χ3n) is 2.54. The molecule has 0 saturated heterocycles. The van der Waals surface area contributed by atoms with E-state index < -0.39 is 0 Å². The lowest BCUT2D eigenvalue weighted by Crippen LogP contribution is -2.34. The molecule has 1 N–H and O–H groups in total. The van der Waals surface area contributed by atoms with Crippen LogP contribution in [0.25, 0.3) is 10.9 Å². The number of hydrogen-bond acceptors (Lipinski definition) is 2. The standard InChI is InChI=1S/C12H13ClN4O.ClH/c1-16(8-18)12(17(2)13)15-11-7-14-10-6-4-3-5-9(10)11;/h3-8,14H,1-2H3;1H. The highest BCUT2D eigenvalue weighted by Gasteiger charge is 2.11. The number of hydrogen-bond donors (Lipinski definition) is 1. The Kier molecular flexibility index (Phi) is 5.20. The number of fused-ring (bicyclic) bond motifs is 1. The first kappa shape index (κ1) is 15.3. The molecule has 0 atom stereocenters. The van der Waals surface area contributed by atoms with E-state index in [1.54, 1.807) is 20.3 Å². The summed E-state index contributed by atoms with van der Waals surface area (Å²) in [4.78, 5) is 19.6. The molecule has 0 radical (unpaired) electrons. The molecule has 1 aromatic carbocycles. The second-order valence-corrected chi connectivity index (χ2v) is 4.33. The van der Waals surface area contributed by atoms with Gasteiger partial charge in [-0.05, 0) is 6.07 Å². The Morgan fingerprint density at radius 1 is 1.37 bits per heavy atom. The molecule has 0 spiro atoms. The predicted octanol–water partition coefficient (Wildman–Crippen LogP) is 2.75. The minimum absolute atomic E-state index is 0. The van der Waals surface area contributed by atoms with Gasteiger partial charge >= 0.3 is 0 Å². The summed E-state index contributed by atoms with van der Waals surface area (Å²) in [5.74, 6) is 0.358. The zero-order chi connectivity index (χ0) is 13.1. The fourth-order valence-corrected chi connectivity index (χ4v) is 1.83. The fraction of sp³-hybridized carbons (Fsp3) is 0.167. The van der Waals surface area contributed by atoms with E-state index in [9.17, 15) is 4.79 Å². The molecule has 0 bridgehead atoms. The van der Waals surface area contributed by atoms with Gasteiger partial charge in [0.1, 0.15) is 0 Å². The van der Waals surface area contributed by atoms with Crippen LogP contribution in [0.5, 0.6) is 0 Å². The van der Waals surface area contributed by atoms with E-state index in [0.29, 0.717) is 12.4 Å². The predicted molar refractivity (Wildman–Crippen MR) is 80.1 cm³/mol. The summed E-state index contributed by atoms with van der Waals surface area (Å²) in [5.41, 5.74) is 1.73. The van der Waals surface area contributed by atoms with E-state index in [2.05, 4.69) is 9.98 Å². The van der Waals surface area contributed by atoms with Crippen molar-refractivity contribution in [2.75, 3.05) is 14.1 Å². The number of aromatic amines is 1. The van der Waals surface area contributed by atoms with Gasteiger partial charge in [0.25, 0.3) is 0 Å². The Hall–Kier alpha value is -1.72. The third-order valence-corrected chi connectivity index (χ3v) is 2.69. The van der Waals surface area contributed by atoms with Crippen LogP contribution in [0.15, 0.2) is 35.5 Å². The highest BCUT2D eigenvalue weighted by molar-refractivity contribution is 6.22. The number of carbonyl (C=O) groups is 1. The number of rotatable bonds is 2. The molecule has 1 amide bonds. The number of carbonyl (C=O) groups excluding carboxylic acids is 1. The first-order valence-electron chi connectivity index (χ1n) is 5.36. The third kappa shape index (κ3) is 3.19. The van der Waals surface area contributed by atoms with Crippen LogP contribution >= 0.6 is 24.2 Å². The molecule has 0 saturated carbocycles. The van der Waals surface area contributed by atoms with Gasteiger partial charge in [-0.1, -0.05) is 18.2 Å². The summed E-state index contributed by atoms with van der Waals surface area (Å²) in [6.07, 6.45) is 2.44. The van der Waals surface area contributed by atoms with E-state index in [-0.39, 0.29) is 12.4 Å². The Morgan fingerprint density at radius 3 is 2.68 bits per heavy atom. The number of nitrogens with one attached hydrogen (secondary N) is 1. The van der Waals surface area contributed by atoms with Crippen LogP contribution in [0, 0.1) is 0 Å². The highest BCUT2D eigenvalue weighted by atomic mass is 35.5. The summed E-state index contributed by atoms with van der Waals surface area (Å²) in [6.45, 7) is 0. The molecule has 2 rings (SSSR count). The van der Waals surface area contributed by atoms with Crippen LogP contribution in [-0.2, 0) is 4.79 Å². The zero-order valence-corrected chi connectivity index (χ0v) is 12.1. The molecule has 0 aliphatic carbocycles. The van der Waals surface area contributed by atoms with E-state index >= 15 is 0 Å². The Morgan fingerprint density at radius 2 is 2.05 bits per heavy atom. The van der Waals surface area contributed by atoms with Gasteiger partial charge in [0.15, 0.2) is 0 Å². The number of aromatic nitrogens is 1. The average molecular weight is 301 g/mol. The Balaban J connectivity index is 0.00000180. The SMILES string of the molecule is CN(Cl)C(=Nc1c[nH]c2ccccc12)N(C)C=O.Cl. The van der Waals surface area contributed by atoms with E-state index in [1.807, 2.05) is 24.3 Å². The summed E-state index contributed by atoms with van der Waals surface area (Å²) < 4.78 is 1.27. The summed E-state index contributed by atoms with van der Waals surface area (Å²) in [6, 6.07) is 7.79. The first-order chi connectivity index (χ1) is 8.63. The van der Waals surface area contributed by atoms with Gasteiger partial charge in [-0.2, -0.15) is 0 Å². The highest BCUT2D eigenvalue weighted by Crippen LogP contribution is 2.25. The van der Waals surface area contributed by atoms with Gasteiger partial charge in [0, 0.05) is 43.0 Å². The minimum Gasteiger partial charge on any atom is -0.359 e. The van der Waals surface area contributed by atoms with Gasteiger partial charge < -0.3 is 4.98 Å². The number of H-pyrrole nitrogens is 1. The van der Waals surface area contributed by atoms with Gasteiger partial charge in [0.05, 0.1) is 5.69 Å². The van der Waals surface area contributed by atoms with Gasteiger partial charge in [-0.3, -0.25) is 14.1 Å². The molecule has 7 heteroatoms. The second-order valence-electron chi connectivity index (χ2n) is 3.82. The van der Waals surface area contributed by atoms with Crippen LogP contribution in [0.1, 0.15) is 0 Å². The van der Waals surface area contributed by atoms with Gasteiger partial charge in [-0.15, -0.1) is 12.4 Å². The molecular weight excluding hydrogens is 287 g/mol. The maximum atomic E-state index is 10.8. The molecule has 0 aliphatic rings. The molecule has 0 aliphatic heterocycles. The molecule has 0 unspecified atom stereocenters. The smallest absolute Gasteiger partial charge is 0.222 e. The van der Waals surface area contributed by atoms with Crippen molar-refractivity contribution < 1.29 is 4.79 Å². The number of para-hydroxylation sites is 1. The Bertz CT molecular complexity index is 594. The van der Waals surface area contributed by atoms with Gasteiger partial charge in [-0.25, -0.2) is 4.99 Å². The summed E-state index contributed by atoms with van der Waals surface area (Å²) in [7, 11) is 3.22. The monoisotopic (exact) mass is 300 g/mol. The zero-order valence-electron chi connectivity index (χ0n) is 10.5. The van der Waals surface area contributed by atoms with Crippen molar-refractivity contribution in [1.82, 2.24) is 14.3 Å². The van der Waals surface area contributed by atoms with Crippen LogP contribution in [0.4, 0.5) is 5.69 Å². The van der Waals surface area contributed by atoms with Crippen LogP contribution in [0.2, 0.25) is 0 Å². The molecule has 0 fully saturated rings. The van der Waals surface area contributed by atoms with Crippen molar-refractivity contribution in [2.45, 2.75) is 0 Å². The lowest BCUT2D eigenvalue weighted by molar-refractivity contribution is -0.114. The van der Waals surface area contributed by atoms with E-state index in [1.165, 1.54) is 9.32 Å². The lowest BCUT2D eigenvalue weighted by Gasteiger charge is -2.18. The molecule has 5 nitrogen and oxygen atoms in total. The maximum absolute atomic E-state index is 10.8. The van der Waals surface area contributed by atoms with Crippen molar-refractivity contribution >= 4 is 53.1 Å². The fourth-order valence-electron chi connectivity index (χ4n) is 1.67. The molecular formula is C12H14Cl2N4O. The first-order valence-corrected chi connectivity index (χ1v) is 5.69. The quantitative estimate of drug-likeness (QED) is 0.401. The lowest BCUT2D eigenvalue weighted by atomic mass is 10.2. The van der Waals surface area contributed by atoms with Crippen LogP contribution in [-0.4, -0.2) is 40.8 Å². The number of benzene rings is 1. The topological polar surface area (TPSA) is 51.7 Å². The van der Waals surface area contributed by atoms with E-state index in [0.717, 1.165) is 16.6 Å². The normalized spacial score (nSPS) is 11.0. The second kappa shape index (κ2) is 6.45. The number of amides is 1. The van der Waals surface area contributed by atoms with E-state index in [4.69, 9.17) is 11.8 Å². The Labute approximate surface area is 122 Å². The molecule has 2 aromatic rings. The number of halogens is 2. The number of aliphatic imine (C=N–C) groups is 1. The molecule has 1 aromatic heterocycles. The van der Waals surface area contributed by atoms with Crippen molar-refractivity contribution in [3.05, 3.63) is 30.5 Å². The largest absolute Gasteiger partial charge is 0.359 e. The number of nitrogens with zero attached hydrogens (tertiary/aromatic N) is 3. The number of guanidine groups is 1. The maximum Gasteiger partial charge on any atom is 0.222 e. The van der Waals surface area contributed by atoms with Crippen LogP contribution < -0.4 is 0 Å². The van der Waals surface area contributed by atoms with Crippen molar-refractivity contribution in [3.63, 3.8) is 0 Å². The van der Waals surface area contributed by atoms with Crippen molar-refractivity contribution in [3.8, 4) is 0 Å². The van der Waals surface area contributed by atoms with Crippen molar-refractivity contribution in [2.24, 2.45) is 4.99 Å². The summed E-state index contributed by atoms with van der Waals surface area (Å²) in [5, 5.41) is 0.979. The molecule has 19 heavy (non-hydrogen) atoms. The molecule has 102 valence electrons.